The Labute approximate surface area is 191 Å². The van der Waals surface area contributed by atoms with E-state index in [4.69, 9.17) is 4.74 Å². The lowest BCUT2D eigenvalue weighted by molar-refractivity contribution is -0.274. The quantitative estimate of drug-likeness (QED) is 0.259. The molecule has 2 aromatic carbocycles. The zero-order valence-electron chi connectivity index (χ0n) is 18.4. The van der Waals surface area contributed by atoms with Crippen LogP contribution in [0, 0.1) is 5.92 Å². The number of hydrogen-bond donors (Lipinski definition) is 0. The summed E-state index contributed by atoms with van der Waals surface area (Å²) in [7, 11) is 0. The van der Waals surface area contributed by atoms with E-state index in [9.17, 15) is 22.0 Å². The van der Waals surface area contributed by atoms with Crippen LogP contribution in [-0.2, 0) is 17.3 Å². The molecule has 1 aliphatic rings. The molecule has 180 valence electrons. The molecule has 3 rings (SSSR count). The largest absolute Gasteiger partial charge is 0.573 e. The number of alkyl halides is 5. The third-order valence-corrected chi connectivity index (χ3v) is 6.17. The normalized spacial score (nSPS) is 19.3. The molecule has 1 fully saturated rings. The highest BCUT2D eigenvalue weighted by Crippen LogP contribution is 2.38. The molecule has 33 heavy (non-hydrogen) atoms. The van der Waals surface area contributed by atoms with Crippen molar-refractivity contribution >= 4 is 0 Å². The number of ether oxygens (including phenoxy) is 2. The second kappa shape index (κ2) is 11.1. The van der Waals surface area contributed by atoms with Crippen LogP contribution >= 0.6 is 0 Å². The molecule has 0 unspecified atom stereocenters. The van der Waals surface area contributed by atoms with Crippen molar-refractivity contribution in [2.24, 2.45) is 5.92 Å². The van der Waals surface area contributed by atoms with E-state index < -0.39 is 12.5 Å². The number of benzene rings is 2. The van der Waals surface area contributed by atoms with Crippen LogP contribution in [-0.4, -0.2) is 13.0 Å². The Hall–Kier alpha value is -2.41. The fraction of sp³-hybridized carbons (Fsp3) is 0.462. The molecule has 0 aromatic heterocycles. The molecule has 2 nitrogen and oxygen atoms in total. The molecule has 0 aliphatic heterocycles. The standard InChI is InChI=1S/C26H29F5O2/c1-2-3-4-19-5-9-21(10-6-19)22-11-13-23(14-12-22)25(27,28)32-18-17-20-7-15-24(16-8-20)33-26(29,30)31/h2,7-8,11-16,19,21H,1,3-6,9-10,17-18H2/t19-,21-. The lowest BCUT2D eigenvalue weighted by Crippen LogP contribution is -2.20. The molecular formula is C26H29F5O2. The molecule has 1 aliphatic carbocycles. The summed E-state index contributed by atoms with van der Waals surface area (Å²) < 4.78 is 74.1. The molecule has 0 spiro atoms. The molecule has 0 radical (unpaired) electrons. The highest BCUT2D eigenvalue weighted by molar-refractivity contribution is 5.28. The van der Waals surface area contributed by atoms with Crippen LogP contribution in [0.1, 0.15) is 61.1 Å². The molecule has 0 atom stereocenters. The van der Waals surface area contributed by atoms with Crippen LogP contribution in [0.15, 0.2) is 61.2 Å². The Morgan fingerprint density at radius 1 is 0.879 bits per heavy atom. The van der Waals surface area contributed by atoms with Crippen molar-refractivity contribution in [3.63, 3.8) is 0 Å². The van der Waals surface area contributed by atoms with E-state index in [1.54, 1.807) is 12.1 Å². The van der Waals surface area contributed by atoms with Gasteiger partial charge in [0.25, 0.3) is 0 Å². The summed E-state index contributed by atoms with van der Waals surface area (Å²) in [6, 6.07) is 11.4. The van der Waals surface area contributed by atoms with E-state index >= 15 is 0 Å². The van der Waals surface area contributed by atoms with Crippen LogP contribution in [0.3, 0.4) is 0 Å². The third kappa shape index (κ3) is 7.84. The summed E-state index contributed by atoms with van der Waals surface area (Å²) in [5.74, 6) is 0.769. The molecule has 0 heterocycles. The maximum absolute atomic E-state index is 14.5. The topological polar surface area (TPSA) is 18.5 Å². The molecule has 7 heteroatoms. The first-order valence-corrected chi connectivity index (χ1v) is 11.2. The first kappa shape index (κ1) is 25.2. The van der Waals surface area contributed by atoms with Gasteiger partial charge < -0.3 is 9.47 Å². The van der Waals surface area contributed by atoms with Crippen molar-refractivity contribution in [2.45, 2.75) is 63.3 Å². The van der Waals surface area contributed by atoms with Gasteiger partial charge in [-0.25, -0.2) is 0 Å². The number of allylic oxidation sites excluding steroid dienone is 1. The van der Waals surface area contributed by atoms with Gasteiger partial charge >= 0.3 is 12.5 Å². The van der Waals surface area contributed by atoms with E-state index in [1.807, 2.05) is 6.08 Å². The first-order chi connectivity index (χ1) is 15.7. The van der Waals surface area contributed by atoms with Gasteiger partial charge in [0.05, 0.1) is 12.2 Å². The van der Waals surface area contributed by atoms with Gasteiger partial charge in [-0.2, -0.15) is 8.78 Å². The fourth-order valence-electron chi connectivity index (χ4n) is 4.33. The minimum absolute atomic E-state index is 0.134. The molecule has 2 aromatic rings. The van der Waals surface area contributed by atoms with Gasteiger partial charge in [0.2, 0.25) is 0 Å². The Balaban J connectivity index is 1.48. The van der Waals surface area contributed by atoms with Crippen molar-refractivity contribution in [1.29, 1.82) is 0 Å². The van der Waals surface area contributed by atoms with Gasteiger partial charge in [-0.3, -0.25) is 0 Å². The highest BCUT2D eigenvalue weighted by Gasteiger charge is 2.33. The predicted molar refractivity (Wildman–Crippen MR) is 117 cm³/mol. The van der Waals surface area contributed by atoms with E-state index in [1.165, 1.54) is 30.7 Å². The molecular weight excluding hydrogens is 439 g/mol. The Kier molecular flexibility index (Phi) is 8.51. The van der Waals surface area contributed by atoms with Gasteiger partial charge in [-0.1, -0.05) is 42.5 Å². The van der Waals surface area contributed by atoms with Gasteiger partial charge in [0, 0.05) is 0 Å². The zero-order chi connectivity index (χ0) is 23.9. The molecule has 1 saturated carbocycles. The minimum Gasteiger partial charge on any atom is -0.406 e. The van der Waals surface area contributed by atoms with Gasteiger partial charge in [0.15, 0.2) is 0 Å². The average Bonchev–Trinajstić information content (AvgIpc) is 2.78. The van der Waals surface area contributed by atoms with Crippen molar-refractivity contribution in [3.8, 4) is 5.75 Å². The monoisotopic (exact) mass is 468 g/mol. The summed E-state index contributed by atoms with van der Waals surface area (Å²) in [5, 5.41) is 0. The third-order valence-electron chi connectivity index (χ3n) is 6.17. The summed E-state index contributed by atoms with van der Waals surface area (Å²) in [6.07, 6.45) is 0.535. The Morgan fingerprint density at radius 2 is 1.52 bits per heavy atom. The van der Waals surface area contributed by atoms with Gasteiger partial charge in [-0.15, -0.1) is 19.8 Å². The van der Waals surface area contributed by atoms with E-state index in [-0.39, 0.29) is 24.3 Å². The van der Waals surface area contributed by atoms with Crippen LogP contribution in [0.5, 0.6) is 5.75 Å². The zero-order valence-corrected chi connectivity index (χ0v) is 18.4. The number of halogens is 5. The SMILES string of the molecule is C=CCC[C@H]1CC[C@H](c2ccc(C(F)(F)OCCc3ccc(OC(F)(F)F)cc3)cc2)CC1. The van der Waals surface area contributed by atoms with Crippen molar-refractivity contribution in [1.82, 2.24) is 0 Å². The van der Waals surface area contributed by atoms with Crippen LogP contribution < -0.4 is 4.74 Å². The number of rotatable bonds is 10. The Bertz CT molecular complexity index is 867. The summed E-state index contributed by atoms with van der Waals surface area (Å²) in [6.45, 7) is 3.50. The van der Waals surface area contributed by atoms with E-state index in [2.05, 4.69) is 11.3 Å². The first-order valence-electron chi connectivity index (χ1n) is 11.2. The highest BCUT2D eigenvalue weighted by atomic mass is 19.4. The summed E-state index contributed by atoms with van der Waals surface area (Å²) in [5.41, 5.74) is 1.44. The minimum atomic E-state index is -4.77. The molecule has 0 saturated heterocycles. The second-order valence-corrected chi connectivity index (χ2v) is 8.51. The second-order valence-electron chi connectivity index (χ2n) is 8.51. The van der Waals surface area contributed by atoms with Gasteiger partial charge in [0.1, 0.15) is 5.75 Å². The molecule has 0 N–H and O–H groups in total. The van der Waals surface area contributed by atoms with Crippen molar-refractivity contribution in [3.05, 3.63) is 77.9 Å². The number of hydrogen-bond acceptors (Lipinski definition) is 2. The summed E-state index contributed by atoms with van der Waals surface area (Å²) in [4.78, 5) is 0. The van der Waals surface area contributed by atoms with Crippen molar-refractivity contribution in [2.75, 3.05) is 6.61 Å². The molecule has 0 bridgehead atoms. The predicted octanol–water partition coefficient (Wildman–Crippen LogP) is 8.13. The Morgan fingerprint density at radius 3 is 2.09 bits per heavy atom. The summed E-state index contributed by atoms with van der Waals surface area (Å²) >= 11 is 0. The smallest absolute Gasteiger partial charge is 0.406 e. The maximum atomic E-state index is 14.5. The van der Waals surface area contributed by atoms with Crippen LogP contribution in [0.2, 0.25) is 0 Å². The average molecular weight is 469 g/mol. The van der Waals surface area contributed by atoms with Gasteiger partial charge in [-0.05, 0) is 80.0 Å². The van der Waals surface area contributed by atoms with Crippen LogP contribution in [0.4, 0.5) is 22.0 Å². The maximum Gasteiger partial charge on any atom is 0.573 e. The fourth-order valence-corrected chi connectivity index (χ4v) is 4.33. The van der Waals surface area contributed by atoms with E-state index in [0.29, 0.717) is 11.5 Å². The molecule has 0 amide bonds. The van der Waals surface area contributed by atoms with E-state index in [0.717, 1.165) is 55.7 Å². The van der Waals surface area contributed by atoms with Crippen molar-refractivity contribution < 1.29 is 31.4 Å². The lowest BCUT2D eigenvalue weighted by atomic mass is 9.77. The lowest BCUT2D eigenvalue weighted by Gasteiger charge is -2.29. The van der Waals surface area contributed by atoms with Crippen LogP contribution in [0.25, 0.3) is 0 Å².